The minimum Gasteiger partial charge on any atom is -0.496 e. The molecule has 0 aliphatic rings. The van der Waals surface area contributed by atoms with E-state index in [9.17, 15) is 0 Å². The molecule has 0 saturated carbocycles. The average molecular weight is 316 g/mol. The molecular formula is C15H11BrN2O. The van der Waals surface area contributed by atoms with Crippen LogP contribution in [-0.2, 0) is 0 Å². The fourth-order valence-corrected chi connectivity index (χ4v) is 2.47. The van der Waals surface area contributed by atoms with Gasteiger partial charge >= 0.3 is 0 Å². The molecule has 19 heavy (non-hydrogen) atoms. The van der Waals surface area contributed by atoms with Crippen LogP contribution in [0.4, 0.5) is 0 Å². The summed E-state index contributed by atoms with van der Waals surface area (Å²) in [7, 11) is 1.62. The van der Waals surface area contributed by atoms with Crippen molar-refractivity contribution in [3.63, 3.8) is 0 Å². The first-order valence-corrected chi connectivity index (χ1v) is 6.55. The minimum absolute atomic E-state index is 0.00324. The molecule has 0 spiro atoms. The predicted molar refractivity (Wildman–Crippen MR) is 79.2 cm³/mol. The van der Waals surface area contributed by atoms with Crippen molar-refractivity contribution in [2.45, 2.75) is 0 Å². The van der Waals surface area contributed by atoms with E-state index in [1.165, 1.54) is 0 Å². The number of nitrogens with zero attached hydrogens (tertiary/aromatic N) is 2. The molecule has 3 aromatic rings. The van der Waals surface area contributed by atoms with E-state index in [-0.39, 0.29) is 6.30 Å². The van der Waals surface area contributed by atoms with Crippen molar-refractivity contribution in [3.05, 3.63) is 53.2 Å². The summed E-state index contributed by atoms with van der Waals surface area (Å²) in [5.74, 6) is 0.688. The molecular weight excluding hydrogens is 304 g/mol. The third kappa shape index (κ3) is 2.19. The van der Waals surface area contributed by atoms with E-state index in [0.717, 1.165) is 15.4 Å². The van der Waals surface area contributed by atoms with Gasteiger partial charge in [-0.2, -0.15) is 0 Å². The van der Waals surface area contributed by atoms with E-state index in [4.69, 9.17) is 6.11 Å². The van der Waals surface area contributed by atoms with Gasteiger partial charge in [-0.25, -0.2) is 9.97 Å². The van der Waals surface area contributed by atoms with Gasteiger partial charge in [0.1, 0.15) is 13.4 Å². The molecule has 0 bridgehead atoms. The number of rotatable bonds is 2. The van der Waals surface area contributed by atoms with Crippen LogP contribution >= 0.6 is 15.9 Å². The third-order valence-corrected chi connectivity index (χ3v) is 3.34. The molecule has 2 aromatic carbocycles. The Morgan fingerprint density at radius 1 is 1.16 bits per heavy atom. The number of hydrogen-bond acceptors (Lipinski definition) is 3. The molecule has 0 aliphatic heterocycles. The molecule has 94 valence electrons. The molecule has 0 fully saturated rings. The van der Waals surface area contributed by atoms with Gasteiger partial charge in [-0.05, 0) is 12.1 Å². The van der Waals surface area contributed by atoms with Crippen LogP contribution in [0.3, 0.4) is 0 Å². The van der Waals surface area contributed by atoms with Gasteiger partial charge in [0.2, 0.25) is 0 Å². The van der Waals surface area contributed by atoms with Crippen LogP contribution in [0, 0.1) is 0 Å². The first-order chi connectivity index (χ1) is 9.69. The molecule has 0 aliphatic carbocycles. The van der Waals surface area contributed by atoms with Crippen LogP contribution in [0.2, 0.25) is 0 Å². The van der Waals surface area contributed by atoms with Crippen molar-refractivity contribution >= 4 is 26.8 Å². The van der Waals surface area contributed by atoms with E-state index in [1.54, 1.807) is 7.11 Å². The Balaban J connectivity index is 2.42. The highest BCUT2D eigenvalue weighted by atomic mass is 79.9. The summed E-state index contributed by atoms with van der Waals surface area (Å²) in [6.07, 6.45) is -0.00324. The normalized spacial score (nSPS) is 11.4. The quantitative estimate of drug-likeness (QED) is 0.715. The van der Waals surface area contributed by atoms with E-state index in [2.05, 4.69) is 25.9 Å². The van der Waals surface area contributed by atoms with Gasteiger partial charge in [0.25, 0.3) is 0 Å². The molecule has 3 rings (SSSR count). The summed E-state index contributed by atoms with van der Waals surface area (Å²) in [5.41, 5.74) is 2.34. The lowest BCUT2D eigenvalue weighted by Crippen LogP contribution is -1.93. The lowest BCUT2D eigenvalue weighted by molar-refractivity contribution is 0.419. The molecule has 0 unspecified atom stereocenters. The van der Waals surface area contributed by atoms with Gasteiger partial charge in [0.15, 0.2) is 0 Å². The zero-order chi connectivity index (χ0) is 14.1. The summed E-state index contributed by atoms with van der Waals surface area (Å²) < 4.78 is 14.1. The highest BCUT2D eigenvalue weighted by molar-refractivity contribution is 9.10. The molecule has 0 radical (unpaired) electrons. The van der Waals surface area contributed by atoms with Gasteiger partial charge in [0, 0.05) is 10.0 Å². The summed E-state index contributed by atoms with van der Waals surface area (Å²) in [5, 5.41) is 0.818. The fraction of sp³-hybridized carbons (Fsp3) is 0.0667. The lowest BCUT2D eigenvalue weighted by Gasteiger charge is -2.10. The Hall–Kier alpha value is -1.94. The Kier molecular flexibility index (Phi) is 2.86. The Labute approximate surface area is 120 Å². The fourth-order valence-electron chi connectivity index (χ4n) is 2.04. The number of ether oxygens (including phenoxy) is 1. The highest BCUT2D eigenvalue weighted by Crippen LogP contribution is 2.34. The zero-order valence-electron chi connectivity index (χ0n) is 11.2. The maximum atomic E-state index is 7.79. The van der Waals surface area contributed by atoms with Crippen LogP contribution in [0.1, 0.15) is 1.37 Å². The summed E-state index contributed by atoms with van der Waals surface area (Å²) in [6, 6.07) is 13.5. The zero-order valence-corrected chi connectivity index (χ0v) is 11.8. The van der Waals surface area contributed by atoms with Crippen molar-refractivity contribution in [1.29, 1.82) is 0 Å². The van der Waals surface area contributed by atoms with Crippen LogP contribution in [0.15, 0.2) is 53.2 Å². The predicted octanol–water partition coefficient (Wildman–Crippen LogP) is 4.07. The van der Waals surface area contributed by atoms with E-state index < -0.39 is 0 Å². The minimum atomic E-state index is -0.00324. The highest BCUT2D eigenvalue weighted by Gasteiger charge is 2.12. The van der Waals surface area contributed by atoms with Crippen molar-refractivity contribution in [2.75, 3.05) is 7.11 Å². The van der Waals surface area contributed by atoms with Crippen LogP contribution < -0.4 is 4.74 Å². The first-order valence-electron chi connectivity index (χ1n) is 6.26. The van der Waals surface area contributed by atoms with Gasteiger partial charge < -0.3 is 4.74 Å². The maximum absolute atomic E-state index is 7.79. The Bertz CT molecular complexity index is 772. The Morgan fingerprint density at radius 2 is 1.95 bits per heavy atom. The van der Waals surface area contributed by atoms with Gasteiger partial charge in [-0.15, -0.1) is 0 Å². The molecule has 0 saturated heterocycles. The molecule has 0 atom stereocenters. The summed E-state index contributed by atoms with van der Waals surface area (Å²) in [6.45, 7) is 0. The summed E-state index contributed by atoms with van der Waals surface area (Å²) >= 11 is 3.43. The van der Waals surface area contributed by atoms with Crippen LogP contribution in [0.25, 0.3) is 22.2 Å². The molecule has 0 amide bonds. The van der Waals surface area contributed by atoms with Gasteiger partial charge in [-0.1, -0.05) is 46.3 Å². The van der Waals surface area contributed by atoms with Crippen molar-refractivity contribution < 1.29 is 6.11 Å². The average Bonchev–Trinajstić information content (AvgIpc) is 2.46. The first kappa shape index (κ1) is 10.9. The number of benzene rings is 2. The lowest BCUT2D eigenvalue weighted by atomic mass is 10.1. The van der Waals surface area contributed by atoms with Crippen molar-refractivity contribution in [1.82, 2.24) is 9.97 Å². The number of aromatic nitrogens is 2. The maximum Gasteiger partial charge on any atom is 0.131 e. The largest absolute Gasteiger partial charge is 0.496 e. The van der Waals surface area contributed by atoms with Crippen molar-refractivity contribution in [2.24, 2.45) is 0 Å². The van der Waals surface area contributed by atoms with Gasteiger partial charge in [0.05, 0.1) is 23.7 Å². The van der Waals surface area contributed by atoms with Crippen LogP contribution in [-0.4, -0.2) is 17.1 Å². The second kappa shape index (κ2) is 4.97. The third-order valence-electron chi connectivity index (χ3n) is 2.88. The molecule has 1 heterocycles. The smallest absolute Gasteiger partial charge is 0.131 e. The number of hydrogen-bond donors (Lipinski definition) is 0. The van der Waals surface area contributed by atoms with E-state index in [0.29, 0.717) is 17.0 Å². The molecule has 3 nitrogen and oxygen atoms in total. The molecule has 1 aromatic heterocycles. The topological polar surface area (TPSA) is 35.0 Å². The van der Waals surface area contributed by atoms with Gasteiger partial charge in [-0.3, -0.25) is 0 Å². The Morgan fingerprint density at radius 3 is 2.68 bits per heavy atom. The number of halogens is 1. The monoisotopic (exact) mass is 315 g/mol. The second-order valence-electron chi connectivity index (χ2n) is 4.04. The molecule has 4 heteroatoms. The van der Waals surface area contributed by atoms with Crippen molar-refractivity contribution in [3.8, 4) is 17.0 Å². The van der Waals surface area contributed by atoms with E-state index >= 15 is 0 Å². The summed E-state index contributed by atoms with van der Waals surface area (Å²) in [4.78, 5) is 8.45. The number of fused-ring (bicyclic) bond motifs is 1. The number of methoxy groups -OCH3 is 1. The SMILES string of the molecule is [2H]c1nc(-c2ccccc2)c2c(OC)cc(Br)cc2n1. The van der Waals surface area contributed by atoms with E-state index in [1.807, 2.05) is 42.5 Å². The van der Waals surface area contributed by atoms with Crippen LogP contribution in [0.5, 0.6) is 5.75 Å². The second-order valence-corrected chi connectivity index (χ2v) is 4.96. The standard InChI is InChI=1S/C15H11BrN2O/c1-19-13-8-11(16)7-12-14(13)15(18-9-17-12)10-5-3-2-4-6-10/h2-9H,1H3/i9D. The molecule has 0 N–H and O–H groups in total.